The second-order valence-corrected chi connectivity index (χ2v) is 9.68. The molecule has 140 valence electrons. The van der Waals surface area contributed by atoms with Gasteiger partial charge in [0.1, 0.15) is 12.2 Å². The van der Waals surface area contributed by atoms with E-state index in [1.807, 2.05) is 54.6 Å². The van der Waals surface area contributed by atoms with E-state index in [0.29, 0.717) is 0 Å². The Morgan fingerprint density at radius 2 is 1.77 bits per heavy atom. The van der Waals surface area contributed by atoms with Crippen LogP contribution in [-0.4, -0.2) is 42.2 Å². The fourth-order valence-electron chi connectivity index (χ4n) is 3.48. The number of rotatable bonds is 7. The van der Waals surface area contributed by atoms with Crippen LogP contribution in [0.25, 0.3) is 0 Å². The zero-order chi connectivity index (χ0) is 18.8. The molecule has 0 saturated carbocycles. The lowest BCUT2D eigenvalue weighted by Gasteiger charge is -2.61. The van der Waals surface area contributed by atoms with Crippen molar-refractivity contribution < 1.29 is 0 Å². The van der Waals surface area contributed by atoms with Crippen molar-refractivity contribution in [2.24, 2.45) is 0 Å². The molecular weight excluding hydrogens is 387 g/mol. The van der Waals surface area contributed by atoms with E-state index in [-0.39, 0.29) is 6.54 Å². The summed E-state index contributed by atoms with van der Waals surface area (Å²) < 4.78 is -1.56. The molecule has 1 aliphatic rings. The molecule has 0 aliphatic carbocycles. The van der Waals surface area contributed by atoms with Gasteiger partial charge in [0.15, 0.2) is 6.04 Å². The largest absolute Gasteiger partial charge is 0.627 e. The van der Waals surface area contributed by atoms with Crippen LogP contribution in [0.4, 0.5) is 5.69 Å². The molecule has 3 rings (SSSR count). The predicted octanol–water partition coefficient (Wildman–Crippen LogP) is 5.46. The third-order valence-corrected chi connectivity index (χ3v) is 6.46. The van der Waals surface area contributed by atoms with Crippen molar-refractivity contribution >= 4 is 40.7 Å². The summed E-state index contributed by atoms with van der Waals surface area (Å²) in [6.07, 6.45) is 1.07. The zero-order valence-electron chi connectivity index (χ0n) is 15.1. The molecule has 2 unspecified atom stereocenters. The molecule has 2 aromatic rings. The highest BCUT2D eigenvalue weighted by Crippen LogP contribution is 2.58. The number of hydroxylamine groups is 2. The maximum atomic E-state index is 13.8. The second kappa shape index (κ2) is 8.09. The van der Waals surface area contributed by atoms with Crippen LogP contribution >= 0.6 is 35.0 Å². The van der Waals surface area contributed by atoms with Gasteiger partial charge in [-0.15, -0.1) is 11.8 Å². The van der Waals surface area contributed by atoms with E-state index in [0.717, 1.165) is 34.9 Å². The monoisotopic (exact) mass is 410 g/mol. The van der Waals surface area contributed by atoms with Gasteiger partial charge in [0, 0.05) is 11.6 Å². The minimum atomic E-state index is -1.05. The number of alkyl halides is 2. The van der Waals surface area contributed by atoms with Crippen molar-refractivity contribution in [3.63, 3.8) is 0 Å². The Kier molecular flexibility index (Phi) is 6.22. The van der Waals surface area contributed by atoms with Crippen LogP contribution in [0.15, 0.2) is 59.5 Å². The molecule has 1 fully saturated rings. The average molecular weight is 411 g/mol. The first-order chi connectivity index (χ1) is 12.3. The summed E-state index contributed by atoms with van der Waals surface area (Å²) in [6.45, 7) is 1.19. The van der Waals surface area contributed by atoms with Crippen LogP contribution in [0.2, 0.25) is 0 Å². The number of benzene rings is 2. The summed E-state index contributed by atoms with van der Waals surface area (Å²) in [4.78, 5) is 3.19. The van der Waals surface area contributed by atoms with Gasteiger partial charge in [-0.3, -0.25) is 0 Å². The van der Waals surface area contributed by atoms with Crippen LogP contribution in [0.5, 0.6) is 0 Å². The summed E-state index contributed by atoms with van der Waals surface area (Å²) in [6, 6.07) is 17.0. The van der Waals surface area contributed by atoms with Crippen LogP contribution in [-0.2, 0) is 0 Å². The molecule has 3 nitrogen and oxygen atoms in total. The smallest absolute Gasteiger partial charge is 0.223 e. The van der Waals surface area contributed by atoms with Crippen LogP contribution in [0.1, 0.15) is 18.0 Å². The van der Waals surface area contributed by atoms with E-state index in [1.165, 1.54) is 0 Å². The van der Waals surface area contributed by atoms with E-state index in [4.69, 9.17) is 23.2 Å². The van der Waals surface area contributed by atoms with E-state index in [1.54, 1.807) is 11.8 Å². The van der Waals surface area contributed by atoms with Crippen molar-refractivity contribution in [2.45, 2.75) is 21.7 Å². The van der Waals surface area contributed by atoms with Gasteiger partial charge in [-0.25, -0.2) is 0 Å². The van der Waals surface area contributed by atoms with Gasteiger partial charge in [-0.05, 0) is 38.9 Å². The summed E-state index contributed by atoms with van der Waals surface area (Å²) in [5.74, 6) is 0.970. The molecular formula is C20H24Cl2N2OS. The number of quaternary nitrogens is 1. The predicted molar refractivity (Wildman–Crippen MR) is 114 cm³/mol. The minimum absolute atomic E-state index is 0.158. The number of nitrogens with zero attached hydrogens (tertiary/aromatic N) is 2. The van der Waals surface area contributed by atoms with E-state index < -0.39 is 15.0 Å². The van der Waals surface area contributed by atoms with Gasteiger partial charge in [0.2, 0.25) is 4.33 Å². The summed E-state index contributed by atoms with van der Waals surface area (Å²) in [7, 11) is 4.14. The van der Waals surface area contributed by atoms with E-state index in [2.05, 4.69) is 19.0 Å². The standard InChI is InChI=1S/C20H24Cl2N2OS/c1-23(2)13-8-14-26-18-12-7-6-11-17(18)24(25)15-20(21,22)19(24)16-9-4-3-5-10-16/h3-7,9-12,19H,8,13-15H2,1-2H3. The van der Waals surface area contributed by atoms with Crippen molar-refractivity contribution in [1.82, 2.24) is 9.55 Å². The third-order valence-electron chi connectivity index (χ3n) is 4.66. The highest BCUT2D eigenvalue weighted by atomic mass is 35.5. The van der Waals surface area contributed by atoms with Crippen molar-refractivity contribution in [1.29, 1.82) is 0 Å². The van der Waals surface area contributed by atoms with Crippen LogP contribution in [0, 0.1) is 5.21 Å². The molecule has 0 radical (unpaired) electrons. The SMILES string of the molecule is CN(C)CCCSc1ccccc1[N+]1([O-])CC(Cl)(Cl)C1c1ccccc1. The fraction of sp³-hybridized carbons (Fsp3) is 0.400. The molecule has 26 heavy (non-hydrogen) atoms. The molecule has 0 N–H and O–H groups in total. The topological polar surface area (TPSA) is 26.3 Å². The molecule has 2 atom stereocenters. The fourth-order valence-corrected chi connectivity index (χ4v) is 5.44. The first-order valence-electron chi connectivity index (χ1n) is 8.73. The van der Waals surface area contributed by atoms with Gasteiger partial charge in [0.05, 0.1) is 4.90 Å². The summed E-state index contributed by atoms with van der Waals surface area (Å²) in [5.41, 5.74) is 1.64. The van der Waals surface area contributed by atoms with Gasteiger partial charge < -0.3 is 14.8 Å². The Morgan fingerprint density at radius 1 is 1.12 bits per heavy atom. The maximum Gasteiger partial charge on any atom is 0.223 e. The lowest BCUT2D eigenvalue weighted by atomic mass is 9.91. The molecule has 6 heteroatoms. The molecule has 1 heterocycles. The second-order valence-electron chi connectivity index (χ2n) is 7.00. The number of para-hydroxylation sites is 1. The molecule has 1 saturated heterocycles. The van der Waals surface area contributed by atoms with Crippen molar-refractivity contribution in [3.05, 3.63) is 65.4 Å². The lowest BCUT2D eigenvalue weighted by molar-refractivity contribution is 0.140. The molecule has 0 bridgehead atoms. The quantitative estimate of drug-likeness (QED) is 0.199. The minimum Gasteiger partial charge on any atom is -0.627 e. The molecule has 0 aromatic heterocycles. The lowest BCUT2D eigenvalue weighted by Crippen LogP contribution is -2.69. The Morgan fingerprint density at radius 3 is 2.42 bits per heavy atom. The molecule has 1 aliphatic heterocycles. The highest BCUT2D eigenvalue weighted by Gasteiger charge is 2.62. The van der Waals surface area contributed by atoms with Gasteiger partial charge in [0.25, 0.3) is 0 Å². The van der Waals surface area contributed by atoms with Crippen molar-refractivity contribution in [3.8, 4) is 0 Å². The van der Waals surface area contributed by atoms with Crippen molar-refractivity contribution in [2.75, 3.05) is 32.9 Å². The Bertz CT molecular complexity index is 742. The number of thioether (sulfide) groups is 1. The Labute approximate surface area is 170 Å². The number of halogens is 2. The number of hydrogen-bond acceptors (Lipinski definition) is 3. The van der Waals surface area contributed by atoms with E-state index >= 15 is 0 Å². The Balaban J connectivity index is 1.86. The third kappa shape index (κ3) is 4.06. The molecule has 2 aromatic carbocycles. The van der Waals surface area contributed by atoms with Gasteiger partial charge in [-0.2, -0.15) is 0 Å². The van der Waals surface area contributed by atoms with Gasteiger partial charge in [-0.1, -0.05) is 65.7 Å². The molecule has 0 amide bonds. The molecule has 0 spiro atoms. The average Bonchev–Trinajstić information content (AvgIpc) is 2.58. The zero-order valence-corrected chi connectivity index (χ0v) is 17.4. The highest BCUT2D eigenvalue weighted by molar-refractivity contribution is 7.99. The van der Waals surface area contributed by atoms with Crippen LogP contribution < -0.4 is 4.65 Å². The summed E-state index contributed by atoms with van der Waals surface area (Å²) in [5, 5.41) is 13.8. The first-order valence-corrected chi connectivity index (χ1v) is 10.5. The van der Waals surface area contributed by atoms with Gasteiger partial charge >= 0.3 is 0 Å². The maximum absolute atomic E-state index is 13.8. The summed E-state index contributed by atoms with van der Waals surface area (Å²) >= 11 is 14.7. The van der Waals surface area contributed by atoms with E-state index in [9.17, 15) is 5.21 Å². The first kappa shape index (κ1) is 20.0. The Hall–Kier alpha value is -0.750. The van der Waals surface area contributed by atoms with Crippen LogP contribution in [0.3, 0.4) is 0 Å². The normalized spacial score (nSPS) is 24.5. The number of hydrogen-bond donors (Lipinski definition) is 0.